The summed E-state index contributed by atoms with van der Waals surface area (Å²) in [6, 6.07) is 14.9. The van der Waals surface area contributed by atoms with Crippen LogP contribution in [-0.2, 0) is 9.59 Å². The van der Waals surface area contributed by atoms with Gasteiger partial charge in [-0.25, -0.2) is 4.98 Å². The summed E-state index contributed by atoms with van der Waals surface area (Å²) in [6.07, 6.45) is 0.597. The minimum Gasteiger partial charge on any atom is -0.431 e. The average molecular weight is 394 g/mol. The highest BCUT2D eigenvalue weighted by molar-refractivity contribution is 7.99. The maximum absolute atomic E-state index is 12.4. The van der Waals surface area contributed by atoms with Gasteiger partial charge >= 0.3 is 0 Å². The lowest BCUT2D eigenvalue weighted by Gasteiger charge is -2.32. The third-order valence-electron chi connectivity index (χ3n) is 5.04. The Balaban J connectivity index is 1.21. The molecule has 2 N–H and O–H groups in total. The maximum Gasteiger partial charge on any atom is 0.257 e. The van der Waals surface area contributed by atoms with Crippen LogP contribution >= 0.6 is 11.8 Å². The molecular weight excluding hydrogens is 376 g/mol. The zero-order valence-electron chi connectivity index (χ0n) is 14.9. The van der Waals surface area contributed by atoms with Gasteiger partial charge in [-0.3, -0.25) is 9.59 Å². The topological polar surface area (TPSA) is 87.5 Å². The number of anilines is 2. The first-order chi connectivity index (χ1) is 13.7. The molecule has 2 aliphatic heterocycles. The number of oxazole rings is 1. The van der Waals surface area contributed by atoms with Gasteiger partial charge in [-0.05, 0) is 30.7 Å². The van der Waals surface area contributed by atoms with Gasteiger partial charge in [0.2, 0.25) is 11.8 Å². The molecule has 142 valence electrons. The van der Waals surface area contributed by atoms with E-state index in [9.17, 15) is 9.59 Å². The normalized spacial score (nSPS) is 20.6. The van der Waals surface area contributed by atoms with Gasteiger partial charge in [0.25, 0.3) is 5.22 Å². The Morgan fingerprint density at radius 1 is 1.25 bits per heavy atom. The van der Waals surface area contributed by atoms with E-state index in [0.717, 1.165) is 16.9 Å². The molecule has 0 aliphatic carbocycles. The van der Waals surface area contributed by atoms with Crippen molar-refractivity contribution in [3.8, 4) is 0 Å². The number of aromatic nitrogens is 1. The second kappa shape index (κ2) is 6.87. The van der Waals surface area contributed by atoms with E-state index in [1.165, 1.54) is 11.8 Å². The smallest absolute Gasteiger partial charge is 0.257 e. The van der Waals surface area contributed by atoms with Crippen LogP contribution in [-0.4, -0.2) is 41.2 Å². The first-order valence-electron chi connectivity index (χ1n) is 9.11. The van der Waals surface area contributed by atoms with Crippen LogP contribution in [0.4, 0.5) is 11.4 Å². The lowest BCUT2D eigenvalue weighted by atomic mass is 10.1. The molecule has 2 atom stereocenters. The Bertz CT molecular complexity index is 1030. The van der Waals surface area contributed by atoms with E-state index in [2.05, 4.69) is 20.5 Å². The molecule has 1 fully saturated rings. The summed E-state index contributed by atoms with van der Waals surface area (Å²) in [5, 5.41) is 6.47. The van der Waals surface area contributed by atoms with Crippen LogP contribution in [0.5, 0.6) is 0 Å². The van der Waals surface area contributed by atoms with Crippen molar-refractivity contribution in [2.24, 2.45) is 0 Å². The summed E-state index contributed by atoms with van der Waals surface area (Å²) in [7, 11) is 0. The molecule has 8 heteroatoms. The highest BCUT2D eigenvalue weighted by Crippen LogP contribution is 2.36. The molecule has 2 unspecified atom stereocenters. The SMILES string of the molecule is O=C(CSc1nc2ccccc2o1)NC1CC2C(=O)Nc3ccccc3N2C1. The number of nitrogens with zero attached hydrogens (tertiary/aromatic N) is 2. The zero-order valence-corrected chi connectivity index (χ0v) is 15.7. The number of thioether (sulfide) groups is 1. The zero-order chi connectivity index (χ0) is 19.1. The molecule has 0 bridgehead atoms. The largest absolute Gasteiger partial charge is 0.431 e. The van der Waals surface area contributed by atoms with E-state index in [1.807, 2.05) is 48.5 Å². The van der Waals surface area contributed by atoms with Crippen molar-refractivity contribution in [3.05, 3.63) is 48.5 Å². The second-order valence-electron chi connectivity index (χ2n) is 6.91. The number of rotatable bonds is 4. The number of nitrogens with one attached hydrogen (secondary N) is 2. The molecule has 1 aromatic heterocycles. The molecule has 2 aliphatic rings. The third kappa shape index (κ3) is 3.09. The molecule has 2 aromatic carbocycles. The minimum absolute atomic E-state index is 0.0173. The number of fused-ring (bicyclic) bond motifs is 4. The van der Waals surface area contributed by atoms with Gasteiger partial charge in [-0.15, -0.1) is 0 Å². The van der Waals surface area contributed by atoms with E-state index in [4.69, 9.17) is 4.42 Å². The molecule has 3 heterocycles. The van der Waals surface area contributed by atoms with Crippen molar-refractivity contribution in [3.63, 3.8) is 0 Å². The summed E-state index contributed by atoms with van der Waals surface area (Å²) in [5.74, 6) is 0.110. The number of carbonyl (C=O) groups excluding carboxylic acids is 2. The highest BCUT2D eigenvalue weighted by atomic mass is 32.2. The van der Waals surface area contributed by atoms with E-state index in [1.54, 1.807) is 0 Å². The van der Waals surface area contributed by atoms with Crippen LogP contribution in [0, 0.1) is 0 Å². The van der Waals surface area contributed by atoms with Crippen molar-refractivity contribution < 1.29 is 14.0 Å². The quantitative estimate of drug-likeness (QED) is 0.662. The molecular formula is C20H18N4O3S. The molecule has 0 saturated carbocycles. The minimum atomic E-state index is -0.245. The summed E-state index contributed by atoms with van der Waals surface area (Å²) >= 11 is 1.27. The van der Waals surface area contributed by atoms with E-state index in [-0.39, 0.29) is 29.7 Å². The molecule has 28 heavy (non-hydrogen) atoms. The second-order valence-corrected chi connectivity index (χ2v) is 7.84. The number of carbonyl (C=O) groups is 2. The van der Waals surface area contributed by atoms with Gasteiger partial charge in [0.05, 0.1) is 17.1 Å². The van der Waals surface area contributed by atoms with E-state index < -0.39 is 0 Å². The van der Waals surface area contributed by atoms with Crippen LogP contribution in [0.1, 0.15) is 6.42 Å². The van der Waals surface area contributed by atoms with Crippen LogP contribution in [0.2, 0.25) is 0 Å². The van der Waals surface area contributed by atoms with Gasteiger partial charge in [0.1, 0.15) is 11.6 Å². The van der Waals surface area contributed by atoms with Crippen LogP contribution in [0.25, 0.3) is 11.1 Å². The van der Waals surface area contributed by atoms with Gasteiger partial charge in [-0.1, -0.05) is 36.0 Å². The molecule has 0 radical (unpaired) electrons. The molecule has 3 aromatic rings. The maximum atomic E-state index is 12.4. The Kier molecular flexibility index (Phi) is 4.20. The highest BCUT2D eigenvalue weighted by Gasteiger charge is 2.41. The van der Waals surface area contributed by atoms with Crippen molar-refractivity contribution >= 4 is 46.1 Å². The van der Waals surface area contributed by atoms with Gasteiger partial charge < -0.3 is 20.0 Å². The molecule has 5 rings (SSSR count). The van der Waals surface area contributed by atoms with Crippen molar-refractivity contribution in [1.82, 2.24) is 10.3 Å². The molecule has 0 spiro atoms. The van der Waals surface area contributed by atoms with Crippen molar-refractivity contribution in [2.45, 2.75) is 23.7 Å². The predicted molar refractivity (Wildman–Crippen MR) is 107 cm³/mol. The fourth-order valence-electron chi connectivity index (χ4n) is 3.81. The number of para-hydroxylation sites is 4. The summed E-state index contributed by atoms with van der Waals surface area (Å²) in [5.41, 5.74) is 3.32. The lowest BCUT2D eigenvalue weighted by Crippen LogP contribution is -2.44. The Labute approximate surface area is 165 Å². The summed E-state index contributed by atoms with van der Waals surface area (Å²) in [6.45, 7) is 0.619. The van der Waals surface area contributed by atoms with Crippen LogP contribution in [0.3, 0.4) is 0 Å². The van der Waals surface area contributed by atoms with E-state index >= 15 is 0 Å². The standard InChI is InChI=1S/C20H18N4O3S/c25-18(11-28-20-23-14-6-2-4-8-17(14)27-20)21-12-9-16-19(26)22-13-5-1-3-7-15(13)24(16)10-12/h1-8,12,16H,9-11H2,(H,21,25)(H,22,26). The van der Waals surface area contributed by atoms with Gasteiger partial charge in [0.15, 0.2) is 5.58 Å². The molecule has 2 amide bonds. The summed E-state index contributed by atoms with van der Waals surface area (Å²) in [4.78, 5) is 31.2. The fourth-order valence-corrected chi connectivity index (χ4v) is 4.46. The molecule has 7 nitrogen and oxygen atoms in total. The monoisotopic (exact) mass is 394 g/mol. The molecule has 1 saturated heterocycles. The van der Waals surface area contributed by atoms with Crippen molar-refractivity contribution in [1.29, 1.82) is 0 Å². The Morgan fingerprint density at radius 2 is 2.07 bits per heavy atom. The third-order valence-corrected chi connectivity index (χ3v) is 5.87. The Hall–Kier alpha value is -3.00. The van der Waals surface area contributed by atoms with Crippen LogP contribution < -0.4 is 15.5 Å². The number of hydrogen-bond donors (Lipinski definition) is 2. The fraction of sp³-hybridized carbons (Fsp3) is 0.250. The van der Waals surface area contributed by atoms with Gasteiger partial charge in [-0.2, -0.15) is 0 Å². The van der Waals surface area contributed by atoms with Crippen molar-refractivity contribution in [2.75, 3.05) is 22.5 Å². The summed E-state index contributed by atoms with van der Waals surface area (Å²) < 4.78 is 5.63. The van der Waals surface area contributed by atoms with E-state index in [0.29, 0.717) is 23.8 Å². The average Bonchev–Trinajstić information content (AvgIpc) is 3.30. The van der Waals surface area contributed by atoms with Crippen LogP contribution in [0.15, 0.2) is 58.2 Å². The number of amides is 2. The predicted octanol–water partition coefficient (Wildman–Crippen LogP) is 2.64. The van der Waals surface area contributed by atoms with Gasteiger partial charge in [0, 0.05) is 12.6 Å². The first-order valence-corrected chi connectivity index (χ1v) is 10.1. The number of benzene rings is 2. The lowest BCUT2D eigenvalue weighted by molar-refractivity contribution is -0.120. The first kappa shape index (κ1) is 17.1. The number of hydrogen-bond acceptors (Lipinski definition) is 6. The Morgan fingerprint density at radius 3 is 2.96 bits per heavy atom.